The number of nitrogens with one attached hydrogen (secondary N) is 1. The first-order chi connectivity index (χ1) is 8.24. The number of hydrogen-bond donors (Lipinski definition) is 1. The molecule has 0 atom stereocenters. The van der Waals surface area contributed by atoms with Gasteiger partial charge >= 0.3 is 0 Å². The second kappa shape index (κ2) is 5.80. The number of hydrogen-bond acceptors (Lipinski definition) is 4. The van der Waals surface area contributed by atoms with Gasteiger partial charge in [0.1, 0.15) is 0 Å². The van der Waals surface area contributed by atoms with E-state index < -0.39 is 0 Å². The number of aryl methyl sites for hydroxylation is 1. The fourth-order valence-electron chi connectivity index (χ4n) is 1.49. The topological polar surface area (TPSA) is 51.0 Å². The largest absolute Gasteiger partial charge is 0.424 e. The average Bonchev–Trinajstić information content (AvgIpc) is 2.73. The van der Waals surface area contributed by atoms with Crippen LogP contribution in [0.1, 0.15) is 17.3 Å². The minimum Gasteiger partial charge on any atom is -0.424 e. The maximum absolute atomic E-state index is 5.81. The molecule has 0 saturated heterocycles. The Morgan fingerprint density at radius 2 is 2.00 bits per heavy atom. The number of rotatable bonds is 5. The van der Waals surface area contributed by atoms with E-state index in [-0.39, 0.29) is 0 Å². The molecule has 0 unspecified atom stereocenters. The third-order valence-corrected chi connectivity index (χ3v) is 2.60. The first kappa shape index (κ1) is 12.1. The van der Waals surface area contributed by atoms with Crippen molar-refractivity contribution in [3.63, 3.8) is 0 Å². The van der Waals surface area contributed by atoms with Crippen LogP contribution in [-0.4, -0.2) is 16.7 Å². The summed E-state index contributed by atoms with van der Waals surface area (Å²) in [6.07, 6.45) is 0.949. The molecule has 90 valence electrons. The Balaban J connectivity index is 1.71. The molecule has 0 saturated carbocycles. The highest BCUT2D eigenvalue weighted by Crippen LogP contribution is 2.09. The van der Waals surface area contributed by atoms with E-state index in [9.17, 15) is 0 Å². The molecule has 0 fully saturated rings. The first-order valence-electron chi connectivity index (χ1n) is 5.48. The zero-order valence-corrected chi connectivity index (χ0v) is 10.4. The van der Waals surface area contributed by atoms with Crippen molar-refractivity contribution in [3.05, 3.63) is 46.6 Å². The first-order valence-corrected chi connectivity index (χ1v) is 5.86. The molecular formula is C12H14ClN3O. The predicted molar refractivity (Wildman–Crippen MR) is 65.9 cm³/mol. The summed E-state index contributed by atoms with van der Waals surface area (Å²) in [5, 5.41) is 11.7. The van der Waals surface area contributed by atoms with Crippen molar-refractivity contribution in [1.82, 2.24) is 15.5 Å². The molecule has 1 aromatic heterocycles. The molecule has 5 heteroatoms. The summed E-state index contributed by atoms with van der Waals surface area (Å²) in [7, 11) is 0. The van der Waals surface area contributed by atoms with Crippen molar-refractivity contribution in [3.8, 4) is 0 Å². The summed E-state index contributed by atoms with van der Waals surface area (Å²) < 4.78 is 5.25. The monoisotopic (exact) mass is 251 g/mol. The molecule has 2 rings (SSSR count). The fraction of sp³-hybridized carbons (Fsp3) is 0.333. The summed E-state index contributed by atoms with van der Waals surface area (Å²) in [5.41, 5.74) is 1.25. The van der Waals surface area contributed by atoms with Gasteiger partial charge in [-0.05, 0) is 30.7 Å². The van der Waals surface area contributed by atoms with Gasteiger partial charge in [0.25, 0.3) is 0 Å². The van der Waals surface area contributed by atoms with E-state index in [1.165, 1.54) is 5.56 Å². The number of nitrogens with zero attached hydrogens (tertiary/aromatic N) is 2. The molecule has 2 aromatic rings. The van der Waals surface area contributed by atoms with E-state index in [2.05, 4.69) is 15.5 Å². The highest BCUT2D eigenvalue weighted by Gasteiger charge is 2.00. The lowest BCUT2D eigenvalue weighted by atomic mass is 10.1. The van der Waals surface area contributed by atoms with Crippen LogP contribution >= 0.6 is 11.6 Å². The molecule has 0 aliphatic rings. The van der Waals surface area contributed by atoms with Crippen molar-refractivity contribution in [2.24, 2.45) is 0 Å². The second-order valence-electron chi connectivity index (χ2n) is 3.77. The molecule has 0 spiro atoms. The maximum Gasteiger partial charge on any atom is 0.230 e. The minimum absolute atomic E-state index is 0.597. The van der Waals surface area contributed by atoms with Crippen molar-refractivity contribution in [2.75, 3.05) is 6.54 Å². The Morgan fingerprint density at radius 3 is 2.65 bits per heavy atom. The normalized spacial score (nSPS) is 10.7. The summed E-state index contributed by atoms with van der Waals surface area (Å²) >= 11 is 5.81. The van der Waals surface area contributed by atoms with E-state index in [0.29, 0.717) is 18.3 Å². The third kappa shape index (κ3) is 3.84. The van der Waals surface area contributed by atoms with Crippen molar-refractivity contribution >= 4 is 11.6 Å². The second-order valence-corrected chi connectivity index (χ2v) is 4.20. The Hall–Kier alpha value is -1.39. The van der Waals surface area contributed by atoms with Gasteiger partial charge in [-0.2, -0.15) is 0 Å². The van der Waals surface area contributed by atoms with Gasteiger partial charge < -0.3 is 9.73 Å². The van der Waals surface area contributed by atoms with Gasteiger partial charge in [-0.25, -0.2) is 0 Å². The molecule has 0 bridgehead atoms. The highest BCUT2D eigenvalue weighted by molar-refractivity contribution is 6.30. The van der Waals surface area contributed by atoms with Gasteiger partial charge in [0.2, 0.25) is 11.8 Å². The summed E-state index contributed by atoms with van der Waals surface area (Å²) in [6.45, 7) is 3.25. The quantitative estimate of drug-likeness (QED) is 0.829. The Bertz CT molecular complexity index is 467. The van der Waals surface area contributed by atoms with E-state index in [1.807, 2.05) is 24.3 Å². The van der Waals surface area contributed by atoms with Crippen LogP contribution in [0.5, 0.6) is 0 Å². The Labute approximate surface area is 105 Å². The molecule has 1 N–H and O–H groups in total. The summed E-state index contributed by atoms with van der Waals surface area (Å²) in [6, 6.07) is 7.86. The van der Waals surface area contributed by atoms with E-state index >= 15 is 0 Å². The van der Waals surface area contributed by atoms with Crippen LogP contribution in [0.3, 0.4) is 0 Å². The lowest BCUT2D eigenvalue weighted by Gasteiger charge is -2.02. The molecule has 1 heterocycles. The molecule has 0 radical (unpaired) electrons. The highest BCUT2D eigenvalue weighted by atomic mass is 35.5. The Morgan fingerprint density at radius 1 is 1.24 bits per heavy atom. The van der Waals surface area contributed by atoms with Crippen LogP contribution in [0.4, 0.5) is 0 Å². The molecule has 0 amide bonds. The van der Waals surface area contributed by atoms with Crippen molar-refractivity contribution in [2.45, 2.75) is 19.9 Å². The van der Waals surface area contributed by atoms with Gasteiger partial charge in [0, 0.05) is 11.9 Å². The lowest BCUT2D eigenvalue weighted by Crippen LogP contribution is -2.16. The van der Waals surface area contributed by atoms with Crippen LogP contribution in [-0.2, 0) is 13.0 Å². The van der Waals surface area contributed by atoms with E-state index in [0.717, 1.165) is 18.0 Å². The van der Waals surface area contributed by atoms with Crippen LogP contribution in [0.2, 0.25) is 5.02 Å². The van der Waals surface area contributed by atoms with Crippen molar-refractivity contribution in [1.29, 1.82) is 0 Å². The van der Waals surface area contributed by atoms with Gasteiger partial charge in [-0.1, -0.05) is 23.7 Å². The Kier molecular flexibility index (Phi) is 4.12. The van der Waals surface area contributed by atoms with Crippen LogP contribution in [0, 0.1) is 6.92 Å². The van der Waals surface area contributed by atoms with Crippen LogP contribution < -0.4 is 5.32 Å². The van der Waals surface area contributed by atoms with Gasteiger partial charge in [0.15, 0.2) is 0 Å². The number of benzene rings is 1. The average molecular weight is 252 g/mol. The minimum atomic E-state index is 0.597. The summed E-state index contributed by atoms with van der Waals surface area (Å²) in [5.74, 6) is 1.22. The number of aromatic nitrogens is 2. The molecule has 1 aromatic carbocycles. The van der Waals surface area contributed by atoms with Gasteiger partial charge in [-0.3, -0.25) is 0 Å². The number of halogens is 1. The lowest BCUT2D eigenvalue weighted by molar-refractivity contribution is 0.448. The fourth-order valence-corrected chi connectivity index (χ4v) is 1.61. The van der Waals surface area contributed by atoms with E-state index in [4.69, 9.17) is 16.0 Å². The zero-order chi connectivity index (χ0) is 12.1. The molecule has 0 aliphatic carbocycles. The molecule has 0 aliphatic heterocycles. The smallest absolute Gasteiger partial charge is 0.230 e. The zero-order valence-electron chi connectivity index (χ0n) is 9.61. The van der Waals surface area contributed by atoms with Gasteiger partial charge in [0.05, 0.1) is 6.54 Å². The van der Waals surface area contributed by atoms with Crippen molar-refractivity contribution < 1.29 is 4.42 Å². The van der Waals surface area contributed by atoms with Crippen LogP contribution in [0.15, 0.2) is 28.7 Å². The predicted octanol–water partition coefficient (Wildman–Crippen LogP) is 2.36. The standard InChI is InChI=1S/C12H14ClN3O/c1-9-15-16-12(17-9)8-14-7-6-10-2-4-11(13)5-3-10/h2-5,14H,6-8H2,1H3. The SMILES string of the molecule is Cc1nnc(CNCCc2ccc(Cl)cc2)o1. The van der Waals surface area contributed by atoms with E-state index in [1.54, 1.807) is 6.92 Å². The molecular weight excluding hydrogens is 238 g/mol. The third-order valence-electron chi connectivity index (χ3n) is 2.35. The summed E-state index contributed by atoms with van der Waals surface area (Å²) in [4.78, 5) is 0. The molecule has 4 nitrogen and oxygen atoms in total. The maximum atomic E-state index is 5.81. The van der Waals surface area contributed by atoms with Gasteiger partial charge in [-0.15, -0.1) is 10.2 Å². The molecule has 17 heavy (non-hydrogen) atoms. The van der Waals surface area contributed by atoms with Crippen LogP contribution in [0.25, 0.3) is 0 Å².